The molecule has 0 saturated heterocycles. The Kier molecular flexibility index (Phi) is 4.32. The zero-order chi connectivity index (χ0) is 12.0. The molecule has 0 spiro atoms. The van der Waals surface area contributed by atoms with E-state index in [2.05, 4.69) is 9.47 Å². The highest BCUT2D eigenvalue weighted by atomic mass is 16.7. The van der Waals surface area contributed by atoms with Crippen LogP contribution < -0.4 is 4.90 Å². The number of ether oxygens (including phenoxy) is 2. The highest BCUT2D eigenvalue weighted by Crippen LogP contribution is 2.12. The molecule has 0 saturated carbocycles. The molecule has 0 fully saturated rings. The van der Waals surface area contributed by atoms with Gasteiger partial charge in [-0.1, -0.05) is 18.2 Å². The molecule has 5 nitrogen and oxygen atoms in total. The van der Waals surface area contributed by atoms with Crippen molar-refractivity contribution >= 4 is 17.9 Å². The van der Waals surface area contributed by atoms with Gasteiger partial charge in [0.15, 0.2) is 0 Å². The van der Waals surface area contributed by atoms with Crippen molar-refractivity contribution in [2.45, 2.75) is 6.92 Å². The third-order valence-electron chi connectivity index (χ3n) is 1.85. The van der Waals surface area contributed by atoms with Gasteiger partial charge in [-0.2, -0.15) is 0 Å². The molecular weight excluding hydrogens is 210 g/mol. The number of anilines is 1. The van der Waals surface area contributed by atoms with Crippen LogP contribution in [0.5, 0.6) is 0 Å². The van der Waals surface area contributed by atoms with Crippen LogP contribution in [0.15, 0.2) is 30.3 Å². The molecule has 0 N–H and O–H groups in total. The van der Waals surface area contributed by atoms with E-state index < -0.39 is 12.2 Å². The molecule has 0 aliphatic carbocycles. The molecule has 1 aromatic rings. The summed E-state index contributed by atoms with van der Waals surface area (Å²) in [6.45, 7) is 1.80. The highest BCUT2D eigenvalue weighted by molar-refractivity contribution is 5.92. The Morgan fingerprint density at radius 3 is 2.44 bits per heavy atom. The summed E-state index contributed by atoms with van der Waals surface area (Å²) in [5.74, 6) is 0. The van der Waals surface area contributed by atoms with Crippen LogP contribution in [0.25, 0.3) is 0 Å². The standard InChI is InChI=1S/C11H13NO4/c1-3-15-11(14)16-10(13)12(2)9-7-5-4-6-8-9/h4-8H,3H2,1-2H3. The fraction of sp³-hybridized carbons (Fsp3) is 0.273. The van der Waals surface area contributed by atoms with Crippen LogP contribution >= 0.6 is 0 Å². The Labute approximate surface area is 93.6 Å². The maximum atomic E-state index is 11.4. The Bertz CT molecular complexity index is 364. The second-order valence-electron chi connectivity index (χ2n) is 2.95. The summed E-state index contributed by atoms with van der Waals surface area (Å²) in [4.78, 5) is 23.5. The Morgan fingerprint density at radius 1 is 1.25 bits per heavy atom. The summed E-state index contributed by atoms with van der Waals surface area (Å²) in [6, 6.07) is 8.85. The van der Waals surface area contributed by atoms with E-state index in [-0.39, 0.29) is 6.61 Å². The van der Waals surface area contributed by atoms with E-state index in [1.165, 1.54) is 11.9 Å². The summed E-state index contributed by atoms with van der Waals surface area (Å²) in [7, 11) is 1.51. The smallest absolute Gasteiger partial charge is 0.434 e. The fourth-order valence-electron chi connectivity index (χ4n) is 1.04. The number of carbonyl (C=O) groups is 2. The minimum atomic E-state index is -0.990. The van der Waals surface area contributed by atoms with Gasteiger partial charge < -0.3 is 9.47 Å². The van der Waals surface area contributed by atoms with Gasteiger partial charge in [0.05, 0.1) is 6.61 Å². The predicted molar refractivity (Wildman–Crippen MR) is 58.3 cm³/mol. The van der Waals surface area contributed by atoms with Crippen molar-refractivity contribution in [1.82, 2.24) is 0 Å². The summed E-state index contributed by atoms with van der Waals surface area (Å²) in [5, 5.41) is 0. The summed E-state index contributed by atoms with van der Waals surface area (Å²) in [5.41, 5.74) is 0.636. The van der Waals surface area contributed by atoms with Gasteiger partial charge in [-0.25, -0.2) is 9.59 Å². The predicted octanol–water partition coefficient (Wildman–Crippen LogP) is 2.42. The SMILES string of the molecule is CCOC(=O)OC(=O)N(C)c1ccccc1. The molecule has 0 heterocycles. The molecule has 0 aromatic heterocycles. The number of para-hydroxylation sites is 1. The monoisotopic (exact) mass is 223 g/mol. The van der Waals surface area contributed by atoms with E-state index in [4.69, 9.17) is 0 Å². The van der Waals surface area contributed by atoms with E-state index >= 15 is 0 Å². The van der Waals surface area contributed by atoms with Gasteiger partial charge in [0.2, 0.25) is 0 Å². The normalized spacial score (nSPS) is 9.38. The first-order chi connectivity index (χ1) is 7.65. The number of benzene rings is 1. The summed E-state index contributed by atoms with van der Waals surface area (Å²) >= 11 is 0. The molecule has 5 heteroatoms. The first-order valence-electron chi connectivity index (χ1n) is 4.82. The Morgan fingerprint density at radius 2 is 1.88 bits per heavy atom. The molecule has 86 valence electrons. The van der Waals surface area contributed by atoms with Crippen LogP contribution in [-0.4, -0.2) is 25.9 Å². The third-order valence-corrected chi connectivity index (χ3v) is 1.85. The molecule has 0 aliphatic heterocycles. The van der Waals surface area contributed by atoms with Gasteiger partial charge in [0.1, 0.15) is 0 Å². The molecule has 1 amide bonds. The van der Waals surface area contributed by atoms with Crippen LogP contribution in [0.1, 0.15) is 6.92 Å². The van der Waals surface area contributed by atoms with E-state index in [9.17, 15) is 9.59 Å². The van der Waals surface area contributed by atoms with E-state index in [0.717, 1.165) is 0 Å². The van der Waals surface area contributed by atoms with Gasteiger partial charge in [0, 0.05) is 12.7 Å². The van der Waals surface area contributed by atoms with Crippen molar-refractivity contribution in [3.63, 3.8) is 0 Å². The van der Waals surface area contributed by atoms with Gasteiger partial charge in [-0.15, -0.1) is 0 Å². The van der Waals surface area contributed by atoms with Crippen LogP contribution in [-0.2, 0) is 9.47 Å². The van der Waals surface area contributed by atoms with Crippen molar-refractivity contribution in [3.05, 3.63) is 30.3 Å². The number of nitrogens with zero attached hydrogens (tertiary/aromatic N) is 1. The number of hydrogen-bond acceptors (Lipinski definition) is 4. The van der Waals surface area contributed by atoms with Crippen molar-refractivity contribution in [3.8, 4) is 0 Å². The van der Waals surface area contributed by atoms with E-state index in [0.29, 0.717) is 5.69 Å². The lowest BCUT2D eigenvalue weighted by atomic mass is 10.3. The largest absolute Gasteiger partial charge is 0.517 e. The fourth-order valence-corrected chi connectivity index (χ4v) is 1.04. The molecule has 0 unspecified atom stereocenters. The molecule has 0 aliphatic rings. The second-order valence-corrected chi connectivity index (χ2v) is 2.95. The minimum absolute atomic E-state index is 0.168. The van der Waals surface area contributed by atoms with Crippen molar-refractivity contribution in [1.29, 1.82) is 0 Å². The van der Waals surface area contributed by atoms with Crippen LogP contribution in [0.4, 0.5) is 15.3 Å². The third kappa shape index (κ3) is 3.27. The zero-order valence-electron chi connectivity index (χ0n) is 9.17. The summed E-state index contributed by atoms with van der Waals surface area (Å²) in [6.07, 6.45) is -1.76. The average molecular weight is 223 g/mol. The average Bonchev–Trinajstić information content (AvgIpc) is 2.29. The lowest BCUT2D eigenvalue weighted by Crippen LogP contribution is -2.29. The van der Waals surface area contributed by atoms with Crippen LogP contribution in [0, 0.1) is 0 Å². The van der Waals surface area contributed by atoms with E-state index in [1.54, 1.807) is 31.2 Å². The van der Waals surface area contributed by atoms with Crippen molar-refractivity contribution in [2.24, 2.45) is 0 Å². The molecule has 0 atom stereocenters. The Hall–Kier alpha value is -2.04. The van der Waals surface area contributed by atoms with Gasteiger partial charge >= 0.3 is 12.2 Å². The first-order valence-corrected chi connectivity index (χ1v) is 4.82. The molecule has 1 rings (SSSR count). The number of amides is 1. The summed E-state index contributed by atoms with van der Waals surface area (Å²) < 4.78 is 8.92. The molecule has 1 aromatic carbocycles. The topological polar surface area (TPSA) is 55.8 Å². The van der Waals surface area contributed by atoms with Crippen LogP contribution in [0.2, 0.25) is 0 Å². The zero-order valence-corrected chi connectivity index (χ0v) is 9.17. The minimum Gasteiger partial charge on any atom is -0.434 e. The van der Waals surface area contributed by atoms with Gasteiger partial charge in [0.25, 0.3) is 0 Å². The van der Waals surface area contributed by atoms with Crippen molar-refractivity contribution < 1.29 is 19.1 Å². The lowest BCUT2D eigenvalue weighted by molar-refractivity contribution is 0.0817. The van der Waals surface area contributed by atoms with Crippen molar-refractivity contribution in [2.75, 3.05) is 18.6 Å². The highest BCUT2D eigenvalue weighted by Gasteiger charge is 2.16. The molecular formula is C11H13NO4. The lowest BCUT2D eigenvalue weighted by Gasteiger charge is -2.15. The quantitative estimate of drug-likeness (QED) is 0.570. The first kappa shape index (κ1) is 12.0. The number of rotatable bonds is 2. The molecule has 16 heavy (non-hydrogen) atoms. The van der Waals surface area contributed by atoms with Gasteiger partial charge in [-0.05, 0) is 19.1 Å². The number of carbonyl (C=O) groups excluding carboxylic acids is 2. The van der Waals surface area contributed by atoms with Crippen LogP contribution in [0.3, 0.4) is 0 Å². The maximum absolute atomic E-state index is 11.4. The molecule has 0 radical (unpaired) electrons. The van der Waals surface area contributed by atoms with E-state index in [1.807, 2.05) is 6.07 Å². The van der Waals surface area contributed by atoms with Gasteiger partial charge in [-0.3, -0.25) is 4.90 Å². The maximum Gasteiger partial charge on any atom is 0.517 e. The molecule has 0 bridgehead atoms. The Balaban J connectivity index is 2.58. The second kappa shape index (κ2) is 5.75. The number of hydrogen-bond donors (Lipinski definition) is 0.